The van der Waals surface area contributed by atoms with Crippen LogP contribution in [0.4, 0.5) is 0 Å². The number of rotatable bonds is 2. The highest BCUT2D eigenvalue weighted by atomic mass is 32.1. The van der Waals surface area contributed by atoms with Gasteiger partial charge in [-0.1, -0.05) is 24.3 Å². The van der Waals surface area contributed by atoms with E-state index in [4.69, 9.17) is 5.73 Å². The van der Waals surface area contributed by atoms with Crippen LogP contribution in [0.1, 0.15) is 11.6 Å². The second-order valence-electron chi connectivity index (χ2n) is 2.32. The molecule has 0 amide bonds. The number of hydrogen-bond donors (Lipinski definition) is 2. The number of hydrogen-bond acceptors (Lipinski definition) is 2. The van der Waals surface area contributed by atoms with Crippen LogP contribution in [0.25, 0.3) is 0 Å². The van der Waals surface area contributed by atoms with E-state index in [1.165, 1.54) is 0 Å². The minimum Gasteiger partial charge on any atom is -0.321 e. The fourth-order valence-corrected chi connectivity index (χ4v) is 1.21. The average molecular weight is 165 g/mol. The van der Waals surface area contributed by atoms with Gasteiger partial charge in [-0.05, 0) is 11.6 Å². The van der Waals surface area contributed by atoms with Crippen LogP contribution < -0.4 is 5.73 Å². The molecule has 11 heavy (non-hydrogen) atoms. The summed E-state index contributed by atoms with van der Waals surface area (Å²) in [6.07, 6.45) is 1.70. The second-order valence-corrected chi connectivity index (χ2v) is 2.80. The summed E-state index contributed by atoms with van der Waals surface area (Å²) in [5.41, 5.74) is 6.75. The first-order valence-electron chi connectivity index (χ1n) is 3.41. The van der Waals surface area contributed by atoms with Crippen molar-refractivity contribution in [1.29, 1.82) is 0 Å². The summed E-state index contributed by atoms with van der Waals surface area (Å²) in [5.74, 6) is 0. The minimum absolute atomic E-state index is 0.108. The molecule has 1 aromatic carbocycles. The molecule has 0 fully saturated rings. The highest BCUT2D eigenvalue weighted by Gasteiger charge is 2.02. The average Bonchev–Trinajstić information content (AvgIpc) is 2.04. The van der Waals surface area contributed by atoms with E-state index in [0.29, 0.717) is 0 Å². The standard InChI is InChI=1S/C9H11NS/c1-2-8(10)7-5-3-4-6-9(7)11/h2-6,8,11H,1,10H2/t8-/m0/s1. The van der Waals surface area contributed by atoms with Crippen molar-refractivity contribution in [2.45, 2.75) is 10.9 Å². The molecule has 0 bridgehead atoms. The van der Waals surface area contributed by atoms with Gasteiger partial charge in [0.2, 0.25) is 0 Å². The molecule has 2 heteroatoms. The molecule has 0 aliphatic carbocycles. The van der Waals surface area contributed by atoms with Crippen LogP contribution in [0.15, 0.2) is 41.8 Å². The van der Waals surface area contributed by atoms with Gasteiger partial charge < -0.3 is 5.73 Å². The first-order valence-corrected chi connectivity index (χ1v) is 3.86. The highest BCUT2D eigenvalue weighted by molar-refractivity contribution is 7.80. The molecule has 58 valence electrons. The van der Waals surface area contributed by atoms with Gasteiger partial charge in [0.15, 0.2) is 0 Å². The first-order chi connectivity index (χ1) is 5.25. The fraction of sp³-hybridized carbons (Fsp3) is 0.111. The zero-order valence-electron chi connectivity index (χ0n) is 6.20. The lowest BCUT2D eigenvalue weighted by Crippen LogP contribution is -2.06. The van der Waals surface area contributed by atoms with E-state index in [1.54, 1.807) is 6.08 Å². The lowest BCUT2D eigenvalue weighted by molar-refractivity contribution is 0.888. The quantitative estimate of drug-likeness (QED) is 0.509. The molecular formula is C9H11NS. The third-order valence-electron chi connectivity index (χ3n) is 1.55. The van der Waals surface area contributed by atoms with E-state index in [2.05, 4.69) is 19.2 Å². The van der Waals surface area contributed by atoms with Crippen LogP contribution in [0.2, 0.25) is 0 Å². The van der Waals surface area contributed by atoms with Crippen molar-refractivity contribution in [2.24, 2.45) is 5.73 Å². The van der Waals surface area contributed by atoms with Crippen LogP contribution in [-0.4, -0.2) is 0 Å². The summed E-state index contributed by atoms with van der Waals surface area (Å²) in [4.78, 5) is 0.917. The maximum Gasteiger partial charge on any atom is 0.0489 e. The summed E-state index contributed by atoms with van der Waals surface area (Å²) in [7, 11) is 0. The van der Waals surface area contributed by atoms with Gasteiger partial charge in [0.25, 0.3) is 0 Å². The van der Waals surface area contributed by atoms with Crippen molar-refractivity contribution in [3.8, 4) is 0 Å². The van der Waals surface area contributed by atoms with Crippen LogP contribution in [0.3, 0.4) is 0 Å². The van der Waals surface area contributed by atoms with Gasteiger partial charge >= 0.3 is 0 Å². The highest BCUT2D eigenvalue weighted by Crippen LogP contribution is 2.19. The number of thiol groups is 1. The predicted octanol–water partition coefficient (Wildman–Crippen LogP) is 2.16. The number of nitrogens with two attached hydrogens (primary N) is 1. The third kappa shape index (κ3) is 1.85. The lowest BCUT2D eigenvalue weighted by atomic mass is 10.1. The summed E-state index contributed by atoms with van der Waals surface area (Å²) in [5, 5.41) is 0. The zero-order valence-corrected chi connectivity index (χ0v) is 7.09. The number of benzene rings is 1. The van der Waals surface area contributed by atoms with Crippen LogP contribution in [0.5, 0.6) is 0 Å². The minimum atomic E-state index is -0.108. The van der Waals surface area contributed by atoms with Crippen molar-refractivity contribution in [3.05, 3.63) is 42.5 Å². The van der Waals surface area contributed by atoms with Crippen LogP contribution in [-0.2, 0) is 0 Å². The van der Waals surface area contributed by atoms with Gasteiger partial charge in [-0.2, -0.15) is 0 Å². The van der Waals surface area contributed by atoms with E-state index in [1.807, 2.05) is 24.3 Å². The van der Waals surface area contributed by atoms with Crippen molar-refractivity contribution in [3.63, 3.8) is 0 Å². The van der Waals surface area contributed by atoms with E-state index in [0.717, 1.165) is 10.5 Å². The molecule has 0 aliphatic rings. The van der Waals surface area contributed by atoms with Gasteiger partial charge in [-0.3, -0.25) is 0 Å². The van der Waals surface area contributed by atoms with E-state index in [9.17, 15) is 0 Å². The van der Waals surface area contributed by atoms with Gasteiger partial charge in [0, 0.05) is 10.9 Å². The molecule has 1 nitrogen and oxygen atoms in total. The Labute approximate surface area is 72.3 Å². The summed E-state index contributed by atoms with van der Waals surface area (Å²) in [6, 6.07) is 7.64. The molecule has 0 unspecified atom stereocenters. The largest absolute Gasteiger partial charge is 0.321 e. The maximum absolute atomic E-state index is 5.73. The topological polar surface area (TPSA) is 26.0 Å². The van der Waals surface area contributed by atoms with Crippen molar-refractivity contribution >= 4 is 12.6 Å². The summed E-state index contributed by atoms with van der Waals surface area (Å²) < 4.78 is 0. The lowest BCUT2D eigenvalue weighted by Gasteiger charge is -2.08. The Morgan fingerprint density at radius 2 is 2.09 bits per heavy atom. The van der Waals surface area contributed by atoms with Crippen molar-refractivity contribution in [1.82, 2.24) is 0 Å². The fourth-order valence-electron chi connectivity index (χ4n) is 0.896. The van der Waals surface area contributed by atoms with Gasteiger partial charge in [0.1, 0.15) is 0 Å². The molecule has 1 rings (SSSR count). The Bertz CT molecular complexity index is 257. The molecule has 1 aromatic rings. The Balaban J connectivity index is 3.02. The molecule has 0 saturated carbocycles. The van der Waals surface area contributed by atoms with Gasteiger partial charge in [-0.25, -0.2) is 0 Å². The molecular weight excluding hydrogens is 154 g/mol. The Morgan fingerprint density at radius 1 is 1.45 bits per heavy atom. The Hall–Kier alpha value is -0.730. The zero-order chi connectivity index (χ0) is 8.27. The SMILES string of the molecule is C=C[C@H](N)c1ccccc1S. The predicted molar refractivity (Wildman–Crippen MR) is 50.8 cm³/mol. The van der Waals surface area contributed by atoms with Crippen molar-refractivity contribution < 1.29 is 0 Å². The molecule has 0 aromatic heterocycles. The van der Waals surface area contributed by atoms with E-state index >= 15 is 0 Å². The molecule has 1 atom stereocenters. The summed E-state index contributed by atoms with van der Waals surface area (Å²) >= 11 is 4.26. The third-order valence-corrected chi connectivity index (χ3v) is 1.96. The van der Waals surface area contributed by atoms with Crippen LogP contribution >= 0.6 is 12.6 Å². The molecule has 0 radical (unpaired) electrons. The van der Waals surface area contributed by atoms with Crippen LogP contribution in [0, 0.1) is 0 Å². The molecule has 2 N–H and O–H groups in total. The molecule has 0 spiro atoms. The second kappa shape index (κ2) is 3.60. The van der Waals surface area contributed by atoms with Crippen molar-refractivity contribution in [2.75, 3.05) is 0 Å². The molecule has 0 saturated heterocycles. The molecule has 0 aliphatic heterocycles. The Morgan fingerprint density at radius 3 is 2.64 bits per heavy atom. The van der Waals surface area contributed by atoms with Gasteiger partial charge in [-0.15, -0.1) is 19.2 Å². The maximum atomic E-state index is 5.73. The molecule has 0 heterocycles. The normalized spacial score (nSPS) is 12.5. The van der Waals surface area contributed by atoms with E-state index < -0.39 is 0 Å². The van der Waals surface area contributed by atoms with Gasteiger partial charge in [0.05, 0.1) is 0 Å². The smallest absolute Gasteiger partial charge is 0.0489 e. The summed E-state index contributed by atoms with van der Waals surface area (Å²) in [6.45, 7) is 3.62. The van der Waals surface area contributed by atoms with E-state index in [-0.39, 0.29) is 6.04 Å². The first kappa shape index (κ1) is 8.37. The Kier molecular flexibility index (Phi) is 2.74. The monoisotopic (exact) mass is 165 g/mol.